The molecule has 1 rings (SSSR count). The molecular formula is C12H13NO3. The summed E-state index contributed by atoms with van der Waals surface area (Å²) in [6.07, 6.45) is 0. The Morgan fingerprint density at radius 3 is 1.94 bits per heavy atom. The summed E-state index contributed by atoms with van der Waals surface area (Å²) in [4.78, 5) is 23.7. The van der Waals surface area contributed by atoms with Gasteiger partial charge in [-0.2, -0.15) is 0 Å². The molecule has 0 atom stereocenters. The quantitative estimate of drug-likeness (QED) is 0.783. The third-order valence-electron chi connectivity index (χ3n) is 2.14. The van der Waals surface area contributed by atoms with Gasteiger partial charge in [0.05, 0.1) is 5.57 Å². The first-order chi connectivity index (χ1) is 7.43. The molecule has 0 saturated carbocycles. The van der Waals surface area contributed by atoms with Crippen molar-refractivity contribution in [3.05, 3.63) is 42.0 Å². The van der Waals surface area contributed by atoms with Crippen molar-refractivity contribution in [2.45, 2.75) is 0 Å². The molecule has 0 saturated heterocycles. The highest BCUT2D eigenvalue weighted by Gasteiger charge is 2.10. The van der Waals surface area contributed by atoms with Gasteiger partial charge in [-0.05, 0) is 17.7 Å². The number of amides is 1. The van der Waals surface area contributed by atoms with E-state index in [0.717, 1.165) is 0 Å². The van der Waals surface area contributed by atoms with Gasteiger partial charge in [0.15, 0.2) is 0 Å². The lowest BCUT2D eigenvalue weighted by atomic mass is 10.1. The molecule has 0 fully saturated rings. The maximum atomic E-state index is 11.5. The largest absolute Gasteiger partial charge is 0.478 e. The number of benzene rings is 1. The summed E-state index contributed by atoms with van der Waals surface area (Å²) in [5, 5.41) is 8.73. The predicted molar refractivity (Wildman–Crippen MR) is 61.1 cm³/mol. The summed E-state index contributed by atoms with van der Waals surface area (Å²) < 4.78 is 0. The smallest absolute Gasteiger partial charge is 0.335 e. The number of hydrogen-bond donors (Lipinski definition) is 1. The Balaban J connectivity index is 2.96. The number of aliphatic carboxylic acids is 1. The van der Waals surface area contributed by atoms with Gasteiger partial charge in [0.25, 0.3) is 5.91 Å². The second-order valence-corrected chi connectivity index (χ2v) is 3.56. The molecule has 0 unspecified atom stereocenters. The average Bonchev–Trinajstić information content (AvgIpc) is 2.27. The molecule has 0 aliphatic rings. The summed E-state index contributed by atoms with van der Waals surface area (Å²) in [6.45, 7) is 3.44. The number of hydrogen-bond acceptors (Lipinski definition) is 2. The summed E-state index contributed by atoms with van der Waals surface area (Å²) in [7, 11) is 3.32. The van der Waals surface area contributed by atoms with E-state index < -0.39 is 5.97 Å². The van der Waals surface area contributed by atoms with Crippen LogP contribution in [0.1, 0.15) is 15.9 Å². The van der Waals surface area contributed by atoms with Crippen LogP contribution in [0.15, 0.2) is 30.8 Å². The van der Waals surface area contributed by atoms with Crippen molar-refractivity contribution in [2.24, 2.45) is 0 Å². The lowest BCUT2D eigenvalue weighted by molar-refractivity contribution is -0.130. The normalized spacial score (nSPS) is 9.62. The van der Waals surface area contributed by atoms with Crippen LogP contribution in [0.2, 0.25) is 0 Å². The number of carbonyl (C=O) groups excluding carboxylic acids is 1. The fourth-order valence-electron chi connectivity index (χ4n) is 1.20. The Morgan fingerprint density at radius 2 is 1.56 bits per heavy atom. The minimum atomic E-state index is -1.06. The molecule has 0 spiro atoms. The highest BCUT2D eigenvalue weighted by molar-refractivity contribution is 6.14. The van der Waals surface area contributed by atoms with E-state index in [2.05, 4.69) is 6.58 Å². The van der Waals surface area contributed by atoms with E-state index in [-0.39, 0.29) is 11.5 Å². The van der Waals surface area contributed by atoms with Gasteiger partial charge in [0.1, 0.15) is 0 Å². The fourth-order valence-corrected chi connectivity index (χ4v) is 1.20. The molecule has 0 radical (unpaired) electrons. The molecule has 1 aromatic carbocycles. The maximum absolute atomic E-state index is 11.5. The lowest BCUT2D eigenvalue weighted by Gasteiger charge is -2.10. The van der Waals surface area contributed by atoms with Crippen LogP contribution in [0.25, 0.3) is 5.57 Å². The molecule has 1 N–H and O–H groups in total. The van der Waals surface area contributed by atoms with Gasteiger partial charge in [0.2, 0.25) is 0 Å². The fraction of sp³-hybridized carbons (Fsp3) is 0.167. The van der Waals surface area contributed by atoms with Gasteiger partial charge < -0.3 is 10.0 Å². The first kappa shape index (κ1) is 12.0. The number of nitrogens with zero attached hydrogens (tertiary/aromatic N) is 1. The SMILES string of the molecule is C=C(C(=O)O)c1ccc(C(=O)N(C)C)cc1. The number of carboxylic acids is 1. The molecule has 0 aliphatic heterocycles. The van der Waals surface area contributed by atoms with E-state index in [4.69, 9.17) is 5.11 Å². The van der Waals surface area contributed by atoms with Gasteiger partial charge in [-0.1, -0.05) is 18.7 Å². The monoisotopic (exact) mass is 219 g/mol. The van der Waals surface area contributed by atoms with Crippen LogP contribution in [0, 0.1) is 0 Å². The van der Waals surface area contributed by atoms with E-state index in [0.29, 0.717) is 11.1 Å². The van der Waals surface area contributed by atoms with Crippen LogP contribution < -0.4 is 0 Å². The van der Waals surface area contributed by atoms with Crippen molar-refractivity contribution in [3.8, 4) is 0 Å². The third-order valence-corrected chi connectivity index (χ3v) is 2.14. The zero-order valence-corrected chi connectivity index (χ0v) is 9.23. The summed E-state index contributed by atoms with van der Waals surface area (Å²) in [6, 6.07) is 6.33. The van der Waals surface area contributed by atoms with Crippen LogP contribution >= 0.6 is 0 Å². The van der Waals surface area contributed by atoms with Crippen LogP contribution in [0.3, 0.4) is 0 Å². The second-order valence-electron chi connectivity index (χ2n) is 3.56. The Morgan fingerprint density at radius 1 is 1.12 bits per heavy atom. The van der Waals surface area contributed by atoms with E-state index in [9.17, 15) is 9.59 Å². The zero-order chi connectivity index (χ0) is 12.3. The first-order valence-corrected chi connectivity index (χ1v) is 4.67. The Labute approximate surface area is 93.8 Å². The molecule has 4 nitrogen and oxygen atoms in total. The number of carbonyl (C=O) groups is 2. The van der Waals surface area contributed by atoms with E-state index in [1.165, 1.54) is 4.90 Å². The molecule has 1 aromatic rings. The molecule has 84 valence electrons. The summed E-state index contributed by atoms with van der Waals surface area (Å²) in [5.74, 6) is -1.18. The number of carboxylic acid groups (broad SMARTS) is 1. The van der Waals surface area contributed by atoms with E-state index in [1.54, 1.807) is 38.4 Å². The molecule has 1 amide bonds. The van der Waals surface area contributed by atoms with Crippen molar-refractivity contribution in [1.29, 1.82) is 0 Å². The molecule has 4 heteroatoms. The topological polar surface area (TPSA) is 57.6 Å². The molecule has 0 aromatic heterocycles. The minimum absolute atomic E-state index is 0.0175. The van der Waals surface area contributed by atoms with Gasteiger partial charge in [-0.3, -0.25) is 4.79 Å². The second kappa shape index (κ2) is 4.61. The van der Waals surface area contributed by atoms with Crippen LogP contribution in [-0.2, 0) is 4.79 Å². The van der Waals surface area contributed by atoms with Crippen molar-refractivity contribution in [3.63, 3.8) is 0 Å². The predicted octanol–water partition coefficient (Wildman–Crippen LogP) is 1.49. The number of rotatable bonds is 3. The maximum Gasteiger partial charge on any atom is 0.335 e. The minimum Gasteiger partial charge on any atom is -0.478 e. The van der Waals surface area contributed by atoms with Gasteiger partial charge in [-0.15, -0.1) is 0 Å². The highest BCUT2D eigenvalue weighted by atomic mass is 16.4. The van der Waals surface area contributed by atoms with Crippen LogP contribution in [0.5, 0.6) is 0 Å². The summed E-state index contributed by atoms with van der Waals surface area (Å²) in [5.41, 5.74) is 1.04. The lowest BCUT2D eigenvalue weighted by Crippen LogP contribution is -2.21. The molecule has 16 heavy (non-hydrogen) atoms. The van der Waals surface area contributed by atoms with Gasteiger partial charge in [0, 0.05) is 19.7 Å². The Hall–Kier alpha value is -2.10. The standard InChI is InChI=1S/C12H13NO3/c1-8(12(15)16)9-4-6-10(7-5-9)11(14)13(2)3/h4-7H,1H2,2-3H3,(H,15,16). The van der Waals surface area contributed by atoms with Crippen molar-refractivity contribution >= 4 is 17.4 Å². The summed E-state index contributed by atoms with van der Waals surface area (Å²) >= 11 is 0. The van der Waals surface area contributed by atoms with Crippen molar-refractivity contribution < 1.29 is 14.7 Å². The molecule has 0 bridgehead atoms. The average molecular weight is 219 g/mol. The van der Waals surface area contributed by atoms with Gasteiger partial charge >= 0.3 is 5.97 Å². The first-order valence-electron chi connectivity index (χ1n) is 4.67. The van der Waals surface area contributed by atoms with Crippen LogP contribution in [0.4, 0.5) is 0 Å². The molecular weight excluding hydrogens is 206 g/mol. The third kappa shape index (κ3) is 2.48. The van der Waals surface area contributed by atoms with Crippen molar-refractivity contribution in [1.82, 2.24) is 4.90 Å². The highest BCUT2D eigenvalue weighted by Crippen LogP contribution is 2.14. The van der Waals surface area contributed by atoms with E-state index in [1.807, 2.05) is 0 Å². The molecule has 0 heterocycles. The Kier molecular flexibility index (Phi) is 3.45. The van der Waals surface area contributed by atoms with Gasteiger partial charge in [-0.25, -0.2) is 4.79 Å². The zero-order valence-electron chi connectivity index (χ0n) is 9.23. The van der Waals surface area contributed by atoms with E-state index >= 15 is 0 Å². The Bertz CT molecular complexity index is 432. The molecule has 0 aliphatic carbocycles. The van der Waals surface area contributed by atoms with Crippen molar-refractivity contribution in [2.75, 3.05) is 14.1 Å². The van der Waals surface area contributed by atoms with Crippen LogP contribution in [-0.4, -0.2) is 36.0 Å².